The Morgan fingerprint density at radius 2 is 1.70 bits per heavy atom. The Bertz CT molecular complexity index is 1130. The van der Waals surface area contributed by atoms with Crippen LogP contribution >= 0.6 is 0 Å². The number of carbonyl (C=O) groups is 1. The van der Waals surface area contributed by atoms with E-state index >= 15 is 0 Å². The van der Waals surface area contributed by atoms with Crippen molar-refractivity contribution in [3.05, 3.63) is 96.3 Å². The van der Waals surface area contributed by atoms with Crippen molar-refractivity contribution in [3.63, 3.8) is 0 Å². The Hall–Kier alpha value is -3.57. The molecule has 2 aromatic carbocycles. The summed E-state index contributed by atoms with van der Waals surface area (Å²) in [6, 6.07) is 23.4. The SMILES string of the molecule is CN(CCOCc1ccccc1)C(=O)c1cc(-c2ccncc2)nc2ccccc12. The molecule has 150 valence electrons. The molecule has 0 unspecified atom stereocenters. The van der Waals surface area contributed by atoms with Gasteiger partial charge in [0.05, 0.1) is 30.0 Å². The molecule has 0 aliphatic carbocycles. The molecule has 0 spiro atoms. The van der Waals surface area contributed by atoms with E-state index in [0.717, 1.165) is 27.7 Å². The molecule has 4 rings (SSSR count). The average Bonchev–Trinajstić information content (AvgIpc) is 2.81. The number of ether oxygens (including phenoxy) is 1. The second kappa shape index (κ2) is 9.29. The van der Waals surface area contributed by atoms with Gasteiger partial charge in [0.2, 0.25) is 0 Å². The van der Waals surface area contributed by atoms with E-state index in [2.05, 4.69) is 4.98 Å². The molecule has 1 amide bonds. The molecule has 4 aromatic rings. The fourth-order valence-corrected chi connectivity index (χ4v) is 3.30. The quantitative estimate of drug-likeness (QED) is 0.428. The van der Waals surface area contributed by atoms with Gasteiger partial charge in [-0.15, -0.1) is 0 Å². The highest BCUT2D eigenvalue weighted by atomic mass is 16.5. The number of para-hydroxylation sites is 1. The Labute approximate surface area is 176 Å². The molecule has 0 saturated heterocycles. The molecule has 0 radical (unpaired) electrons. The van der Waals surface area contributed by atoms with Crippen LogP contribution in [0.1, 0.15) is 15.9 Å². The van der Waals surface area contributed by atoms with E-state index < -0.39 is 0 Å². The van der Waals surface area contributed by atoms with Gasteiger partial charge in [0.1, 0.15) is 0 Å². The highest BCUT2D eigenvalue weighted by Gasteiger charge is 2.17. The van der Waals surface area contributed by atoms with Gasteiger partial charge in [-0.05, 0) is 29.8 Å². The van der Waals surface area contributed by atoms with Crippen molar-refractivity contribution in [1.29, 1.82) is 0 Å². The van der Waals surface area contributed by atoms with E-state index in [9.17, 15) is 4.79 Å². The van der Waals surface area contributed by atoms with Gasteiger partial charge in [-0.1, -0.05) is 48.5 Å². The van der Waals surface area contributed by atoms with Crippen LogP contribution in [0.2, 0.25) is 0 Å². The Morgan fingerprint density at radius 3 is 2.50 bits per heavy atom. The van der Waals surface area contributed by atoms with Gasteiger partial charge in [0.25, 0.3) is 5.91 Å². The van der Waals surface area contributed by atoms with Gasteiger partial charge >= 0.3 is 0 Å². The molecule has 0 aliphatic heterocycles. The predicted octanol–water partition coefficient (Wildman–Crippen LogP) is 4.59. The molecule has 2 aromatic heterocycles. The Kier molecular flexibility index (Phi) is 6.11. The molecule has 30 heavy (non-hydrogen) atoms. The minimum absolute atomic E-state index is 0.0489. The number of rotatable bonds is 7. The normalized spacial score (nSPS) is 10.8. The zero-order chi connectivity index (χ0) is 20.8. The van der Waals surface area contributed by atoms with E-state index in [1.807, 2.05) is 72.8 Å². The second-order valence-electron chi connectivity index (χ2n) is 7.07. The number of benzene rings is 2. The lowest BCUT2D eigenvalue weighted by Gasteiger charge is -2.19. The van der Waals surface area contributed by atoms with E-state index in [-0.39, 0.29) is 5.91 Å². The van der Waals surface area contributed by atoms with E-state index in [4.69, 9.17) is 9.72 Å². The van der Waals surface area contributed by atoms with Gasteiger partial charge in [0.15, 0.2) is 0 Å². The molecule has 5 nitrogen and oxygen atoms in total. The minimum Gasteiger partial charge on any atom is -0.375 e. The molecule has 0 fully saturated rings. The van der Waals surface area contributed by atoms with Crippen molar-refractivity contribution < 1.29 is 9.53 Å². The summed E-state index contributed by atoms with van der Waals surface area (Å²) in [7, 11) is 1.80. The van der Waals surface area contributed by atoms with Crippen LogP contribution in [0.15, 0.2) is 85.2 Å². The lowest BCUT2D eigenvalue weighted by Crippen LogP contribution is -2.30. The molecule has 2 heterocycles. The molecule has 5 heteroatoms. The molecular formula is C25H23N3O2. The van der Waals surface area contributed by atoms with E-state index in [1.54, 1.807) is 24.3 Å². The van der Waals surface area contributed by atoms with E-state index in [1.165, 1.54) is 0 Å². The highest BCUT2D eigenvalue weighted by Crippen LogP contribution is 2.25. The number of hydrogen-bond acceptors (Lipinski definition) is 4. The highest BCUT2D eigenvalue weighted by molar-refractivity contribution is 6.07. The molecule has 0 N–H and O–H groups in total. The van der Waals surface area contributed by atoms with Crippen molar-refractivity contribution >= 4 is 16.8 Å². The third-order valence-electron chi connectivity index (χ3n) is 4.95. The summed E-state index contributed by atoms with van der Waals surface area (Å²) in [5.41, 5.74) is 4.24. The van der Waals surface area contributed by atoms with Crippen molar-refractivity contribution in [2.75, 3.05) is 20.2 Å². The van der Waals surface area contributed by atoms with Gasteiger partial charge in [0, 0.05) is 36.9 Å². The van der Waals surface area contributed by atoms with Crippen molar-refractivity contribution in [3.8, 4) is 11.3 Å². The number of pyridine rings is 2. The molecule has 0 saturated carbocycles. The molecule has 0 bridgehead atoms. The lowest BCUT2D eigenvalue weighted by molar-refractivity contribution is 0.0672. The zero-order valence-corrected chi connectivity index (χ0v) is 16.9. The van der Waals surface area contributed by atoms with Crippen molar-refractivity contribution in [1.82, 2.24) is 14.9 Å². The molecular weight excluding hydrogens is 374 g/mol. The fraction of sp³-hybridized carbons (Fsp3) is 0.160. The number of hydrogen-bond donors (Lipinski definition) is 0. The fourth-order valence-electron chi connectivity index (χ4n) is 3.30. The smallest absolute Gasteiger partial charge is 0.254 e. The monoisotopic (exact) mass is 397 g/mol. The van der Waals surface area contributed by atoms with Gasteiger partial charge in [-0.2, -0.15) is 0 Å². The first-order chi connectivity index (χ1) is 14.7. The summed E-state index contributed by atoms with van der Waals surface area (Å²) in [5, 5.41) is 0.845. The number of nitrogens with zero attached hydrogens (tertiary/aromatic N) is 3. The summed E-state index contributed by atoms with van der Waals surface area (Å²) >= 11 is 0. The first-order valence-corrected chi connectivity index (χ1v) is 9.90. The number of likely N-dealkylation sites (N-methyl/N-ethyl adjacent to an activating group) is 1. The van der Waals surface area contributed by atoms with Crippen LogP contribution in [0.3, 0.4) is 0 Å². The standard InChI is InChI=1S/C25H23N3O2/c1-28(15-16-30-18-19-7-3-2-4-8-19)25(29)22-17-24(20-11-13-26-14-12-20)27-23-10-6-5-9-21(22)23/h2-14,17H,15-16,18H2,1H3. The summed E-state index contributed by atoms with van der Waals surface area (Å²) in [5.74, 6) is -0.0489. The summed E-state index contributed by atoms with van der Waals surface area (Å²) in [6.45, 7) is 1.51. The third kappa shape index (κ3) is 4.53. The van der Waals surface area contributed by atoms with Crippen LogP contribution < -0.4 is 0 Å². The lowest BCUT2D eigenvalue weighted by atomic mass is 10.0. The van der Waals surface area contributed by atoms with Crippen molar-refractivity contribution in [2.45, 2.75) is 6.61 Å². The first-order valence-electron chi connectivity index (χ1n) is 9.90. The summed E-state index contributed by atoms with van der Waals surface area (Å²) in [4.78, 5) is 23.7. The van der Waals surface area contributed by atoms with Crippen LogP contribution in [-0.4, -0.2) is 41.0 Å². The van der Waals surface area contributed by atoms with Crippen LogP contribution in [-0.2, 0) is 11.3 Å². The Morgan fingerprint density at radius 1 is 0.967 bits per heavy atom. The number of fused-ring (bicyclic) bond motifs is 1. The van der Waals surface area contributed by atoms with Crippen LogP contribution in [0.25, 0.3) is 22.2 Å². The number of amides is 1. The summed E-state index contributed by atoms with van der Waals surface area (Å²) < 4.78 is 5.74. The van der Waals surface area contributed by atoms with E-state index in [0.29, 0.717) is 25.3 Å². The predicted molar refractivity (Wildman–Crippen MR) is 118 cm³/mol. The number of carbonyl (C=O) groups excluding carboxylic acids is 1. The maximum Gasteiger partial charge on any atom is 0.254 e. The van der Waals surface area contributed by atoms with Gasteiger partial charge in [-0.3, -0.25) is 9.78 Å². The van der Waals surface area contributed by atoms with Gasteiger partial charge < -0.3 is 9.64 Å². The first kappa shape index (κ1) is 19.7. The zero-order valence-electron chi connectivity index (χ0n) is 16.9. The van der Waals surface area contributed by atoms with Crippen molar-refractivity contribution in [2.24, 2.45) is 0 Å². The molecule has 0 aliphatic rings. The summed E-state index contributed by atoms with van der Waals surface area (Å²) in [6.07, 6.45) is 3.45. The largest absolute Gasteiger partial charge is 0.375 e. The topological polar surface area (TPSA) is 55.3 Å². The average molecular weight is 397 g/mol. The molecule has 0 atom stereocenters. The maximum atomic E-state index is 13.2. The Balaban J connectivity index is 1.51. The third-order valence-corrected chi connectivity index (χ3v) is 4.95. The maximum absolute atomic E-state index is 13.2. The van der Waals surface area contributed by atoms with Crippen LogP contribution in [0, 0.1) is 0 Å². The minimum atomic E-state index is -0.0489. The van der Waals surface area contributed by atoms with Gasteiger partial charge in [-0.25, -0.2) is 4.98 Å². The number of aromatic nitrogens is 2. The van der Waals surface area contributed by atoms with Crippen LogP contribution in [0.5, 0.6) is 0 Å². The second-order valence-corrected chi connectivity index (χ2v) is 7.07. The van der Waals surface area contributed by atoms with Crippen LogP contribution in [0.4, 0.5) is 0 Å².